The predicted molar refractivity (Wildman–Crippen MR) is 124 cm³/mol. The molecule has 1 aliphatic carbocycles. The van der Waals surface area contributed by atoms with Crippen LogP contribution in [-0.2, 0) is 6.42 Å². The van der Waals surface area contributed by atoms with Crippen molar-refractivity contribution in [3.05, 3.63) is 118 Å². The molecule has 33 heavy (non-hydrogen) atoms. The molecule has 1 atom stereocenters. The van der Waals surface area contributed by atoms with Crippen molar-refractivity contribution in [2.45, 2.75) is 12.5 Å². The molecule has 6 heteroatoms. The summed E-state index contributed by atoms with van der Waals surface area (Å²) in [6.07, 6.45) is -0.383. The van der Waals surface area contributed by atoms with Gasteiger partial charge in [-0.25, -0.2) is 8.78 Å². The maximum absolute atomic E-state index is 14.3. The number of rotatable bonds is 3. The van der Waals surface area contributed by atoms with Gasteiger partial charge in [-0.1, -0.05) is 24.3 Å². The van der Waals surface area contributed by atoms with Crippen LogP contribution in [0.25, 0.3) is 11.1 Å². The van der Waals surface area contributed by atoms with Crippen LogP contribution in [0.3, 0.4) is 0 Å². The Morgan fingerprint density at radius 2 is 1.58 bits per heavy atom. The summed E-state index contributed by atoms with van der Waals surface area (Å²) in [5.41, 5.74) is 11.4. The monoisotopic (exact) mass is 442 g/mol. The van der Waals surface area contributed by atoms with Crippen LogP contribution in [0.5, 0.6) is 0 Å². The molecule has 0 aliphatic heterocycles. The fraction of sp³-hybridized carbons (Fsp3) is 0.0741. The van der Waals surface area contributed by atoms with Gasteiger partial charge in [-0.3, -0.25) is 4.79 Å². The Morgan fingerprint density at radius 1 is 0.879 bits per heavy atom. The van der Waals surface area contributed by atoms with Crippen molar-refractivity contribution in [3.63, 3.8) is 0 Å². The third kappa shape index (κ3) is 3.97. The molecule has 4 aromatic rings. The van der Waals surface area contributed by atoms with Gasteiger partial charge in [-0.2, -0.15) is 0 Å². The molecule has 164 valence electrons. The number of carbonyl (C=O) groups excluding carboxylic acids is 1. The minimum atomic E-state index is -0.856. The highest BCUT2D eigenvalue weighted by molar-refractivity contribution is 6.04. The van der Waals surface area contributed by atoms with E-state index in [2.05, 4.69) is 5.32 Å². The Labute approximate surface area is 189 Å². The molecule has 4 nitrogen and oxygen atoms in total. The smallest absolute Gasteiger partial charge is 0.255 e. The van der Waals surface area contributed by atoms with Gasteiger partial charge in [0.15, 0.2) is 0 Å². The van der Waals surface area contributed by atoms with E-state index in [1.165, 1.54) is 12.1 Å². The van der Waals surface area contributed by atoms with Gasteiger partial charge in [0.25, 0.3) is 5.91 Å². The molecule has 0 fully saturated rings. The van der Waals surface area contributed by atoms with E-state index in [0.29, 0.717) is 28.9 Å². The van der Waals surface area contributed by atoms with Gasteiger partial charge in [0, 0.05) is 28.6 Å². The second kappa shape index (κ2) is 8.15. The number of anilines is 2. The largest absolute Gasteiger partial charge is 0.399 e. The van der Waals surface area contributed by atoms with E-state index in [0.717, 1.165) is 28.3 Å². The quantitative estimate of drug-likeness (QED) is 0.369. The number of hydrogen-bond acceptors (Lipinski definition) is 3. The molecule has 5 rings (SSSR count). The maximum atomic E-state index is 14.3. The van der Waals surface area contributed by atoms with Crippen LogP contribution in [0.2, 0.25) is 0 Å². The van der Waals surface area contributed by atoms with Crippen LogP contribution in [0.4, 0.5) is 20.2 Å². The maximum Gasteiger partial charge on any atom is 0.255 e. The van der Waals surface area contributed by atoms with Crippen LogP contribution >= 0.6 is 0 Å². The Kier molecular flexibility index (Phi) is 5.15. The third-order valence-electron chi connectivity index (χ3n) is 5.93. The van der Waals surface area contributed by atoms with Crippen LogP contribution in [0, 0.1) is 11.6 Å². The van der Waals surface area contributed by atoms with Crippen molar-refractivity contribution in [2.24, 2.45) is 0 Å². The first-order valence-corrected chi connectivity index (χ1v) is 10.4. The fourth-order valence-corrected chi connectivity index (χ4v) is 4.23. The molecule has 0 bridgehead atoms. The number of amides is 1. The van der Waals surface area contributed by atoms with Gasteiger partial charge in [0.2, 0.25) is 0 Å². The van der Waals surface area contributed by atoms with Crippen molar-refractivity contribution < 1.29 is 18.7 Å². The molecule has 4 aromatic carbocycles. The first kappa shape index (κ1) is 20.8. The van der Waals surface area contributed by atoms with Crippen molar-refractivity contribution >= 4 is 17.3 Å². The highest BCUT2D eigenvalue weighted by atomic mass is 19.1. The van der Waals surface area contributed by atoms with Crippen LogP contribution < -0.4 is 11.1 Å². The molecule has 4 N–H and O–H groups in total. The zero-order valence-corrected chi connectivity index (χ0v) is 17.5. The van der Waals surface area contributed by atoms with E-state index in [1.54, 1.807) is 60.7 Å². The number of hydrogen-bond donors (Lipinski definition) is 3. The molecule has 1 amide bonds. The first-order chi connectivity index (χ1) is 15.9. The summed E-state index contributed by atoms with van der Waals surface area (Å²) >= 11 is 0. The van der Waals surface area contributed by atoms with Crippen LogP contribution in [-0.4, -0.2) is 11.0 Å². The zero-order valence-electron chi connectivity index (χ0n) is 17.5. The number of halogens is 2. The number of benzene rings is 4. The second-order valence-corrected chi connectivity index (χ2v) is 8.11. The normalized spacial score (nSPS) is 14.3. The number of aliphatic hydroxyl groups excluding tert-OH is 1. The lowest BCUT2D eigenvalue weighted by molar-refractivity contribution is 0.102. The standard InChI is InChI=1S/C27H20F2N2O2/c28-19-3-10-22(25(29)14-19)15-1-8-23-17(11-15)13-18-12-16(2-9-24(18)26(23)32)27(33)31-21-6-4-20(30)5-7-21/h1-12,14,26,32H,13,30H2,(H,31,33)/t26-/m0/s1. The number of nitrogens with one attached hydrogen (secondary N) is 1. The molecule has 0 unspecified atom stereocenters. The molecule has 0 aromatic heterocycles. The number of carbonyl (C=O) groups is 1. The van der Waals surface area contributed by atoms with Gasteiger partial charge >= 0.3 is 0 Å². The van der Waals surface area contributed by atoms with Crippen molar-refractivity contribution in [1.29, 1.82) is 0 Å². The number of aliphatic hydroxyl groups is 1. The molecule has 1 aliphatic rings. The van der Waals surface area contributed by atoms with Gasteiger partial charge in [-0.05, 0) is 82.8 Å². The van der Waals surface area contributed by atoms with E-state index >= 15 is 0 Å². The Hall–Kier alpha value is -4.03. The van der Waals surface area contributed by atoms with E-state index in [-0.39, 0.29) is 11.5 Å². The summed E-state index contributed by atoms with van der Waals surface area (Å²) in [7, 11) is 0. The molecule has 0 saturated carbocycles. The first-order valence-electron chi connectivity index (χ1n) is 10.4. The third-order valence-corrected chi connectivity index (χ3v) is 5.93. The molecule has 0 spiro atoms. The van der Waals surface area contributed by atoms with Crippen molar-refractivity contribution in [1.82, 2.24) is 0 Å². The lowest BCUT2D eigenvalue weighted by Crippen LogP contribution is -2.17. The summed E-state index contributed by atoms with van der Waals surface area (Å²) in [5, 5.41) is 13.8. The van der Waals surface area contributed by atoms with Gasteiger partial charge in [0.05, 0.1) is 0 Å². The molecule has 0 heterocycles. The SMILES string of the molecule is Nc1ccc(NC(=O)c2ccc3c(c2)Cc2cc(-c4ccc(F)cc4F)ccc2[C@@H]3O)cc1. The lowest BCUT2D eigenvalue weighted by atomic mass is 9.82. The summed E-state index contributed by atoms with van der Waals surface area (Å²) in [6, 6.07) is 20.8. The molecular weight excluding hydrogens is 422 g/mol. The minimum absolute atomic E-state index is 0.273. The topological polar surface area (TPSA) is 75.3 Å². The van der Waals surface area contributed by atoms with Crippen LogP contribution in [0.15, 0.2) is 78.9 Å². The predicted octanol–water partition coefficient (Wildman–Crippen LogP) is 5.45. The number of nitrogens with two attached hydrogens (primary N) is 1. The number of nitrogen functional groups attached to an aromatic ring is 1. The molecule has 0 radical (unpaired) electrons. The zero-order chi connectivity index (χ0) is 23.1. The average Bonchev–Trinajstić information content (AvgIpc) is 2.80. The van der Waals surface area contributed by atoms with Gasteiger partial charge < -0.3 is 16.2 Å². The Morgan fingerprint density at radius 3 is 2.30 bits per heavy atom. The fourth-order valence-electron chi connectivity index (χ4n) is 4.23. The second-order valence-electron chi connectivity index (χ2n) is 8.11. The molecule has 0 saturated heterocycles. The van der Waals surface area contributed by atoms with Gasteiger partial charge in [0.1, 0.15) is 17.7 Å². The Balaban J connectivity index is 1.45. The van der Waals surface area contributed by atoms with E-state index in [9.17, 15) is 18.7 Å². The van der Waals surface area contributed by atoms with E-state index in [4.69, 9.17) is 5.73 Å². The number of fused-ring (bicyclic) bond motifs is 2. The van der Waals surface area contributed by atoms with E-state index in [1.807, 2.05) is 0 Å². The van der Waals surface area contributed by atoms with Crippen molar-refractivity contribution in [2.75, 3.05) is 11.1 Å². The van der Waals surface area contributed by atoms with Gasteiger partial charge in [-0.15, -0.1) is 0 Å². The summed E-state index contributed by atoms with van der Waals surface area (Å²) in [4.78, 5) is 12.7. The highest BCUT2D eigenvalue weighted by Crippen LogP contribution is 2.37. The summed E-state index contributed by atoms with van der Waals surface area (Å²) < 4.78 is 27.6. The average molecular weight is 442 g/mol. The summed E-state index contributed by atoms with van der Waals surface area (Å²) in [6.45, 7) is 0. The van der Waals surface area contributed by atoms with Crippen LogP contribution in [0.1, 0.15) is 38.7 Å². The minimum Gasteiger partial charge on any atom is -0.399 e. The summed E-state index contributed by atoms with van der Waals surface area (Å²) in [5.74, 6) is -1.55. The Bertz CT molecular complexity index is 1380. The molecular formula is C27H20F2N2O2. The highest BCUT2D eigenvalue weighted by Gasteiger charge is 2.25. The lowest BCUT2D eigenvalue weighted by Gasteiger charge is -2.26. The van der Waals surface area contributed by atoms with Crippen molar-refractivity contribution in [3.8, 4) is 11.1 Å². The van der Waals surface area contributed by atoms with E-state index < -0.39 is 17.7 Å².